The summed E-state index contributed by atoms with van der Waals surface area (Å²) >= 11 is 0. The van der Waals surface area contributed by atoms with Crippen LogP contribution in [-0.4, -0.2) is 62.2 Å². The van der Waals surface area contributed by atoms with E-state index in [-0.39, 0.29) is 25.2 Å². The number of hydrogen-bond acceptors (Lipinski definition) is 4. The third kappa shape index (κ3) is 19.0. The Bertz CT molecular complexity index is 518. The van der Waals surface area contributed by atoms with Crippen LogP contribution in [0.25, 0.3) is 0 Å². The average Bonchev–Trinajstić information content (AvgIpc) is 2.57. The zero-order valence-corrected chi connectivity index (χ0v) is 20.2. The lowest BCUT2D eigenvalue weighted by molar-refractivity contribution is -0.870. The van der Waals surface area contributed by atoms with Gasteiger partial charge in [0, 0.05) is 6.42 Å². The molecule has 1 unspecified atom stereocenters. The van der Waals surface area contributed by atoms with Crippen LogP contribution in [0.5, 0.6) is 0 Å². The Morgan fingerprint density at radius 2 is 1.79 bits per heavy atom. The first kappa shape index (κ1) is 28.3. The summed E-state index contributed by atoms with van der Waals surface area (Å²) in [5.41, 5.74) is 0. The van der Waals surface area contributed by atoms with Crippen molar-refractivity contribution < 1.29 is 27.8 Å². The van der Waals surface area contributed by atoms with Crippen LogP contribution >= 0.6 is 7.82 Å². The van der Waals surface area contributed by atoms with E-state index in [9.17, 15) is 14.3 Å². The maximum Gasteiger partial charge on any atom is 0.472 e. The highest BCUT2D eigenvalue weighted by molar-refractivity contribution is 7.47. The van der Waals surface area contributed by atoms with Crippen molar-refractivity contribution in [2.75, 3.05) is 40.9 Å². The smallest absolute Gasteiger partial charge is 0.351 e. The summed E-state index contributed by atoms with van der Waals surface area (Å²) in [6.07, 6.45) is 10.6. The van der Waals surface area contributed by atoms with Gasteiger partial charge < -0.3 is 14.7 Å². The van der Waals surface area contributed by atoms with Crippen LogP contribution in [0, 0.1) is 5.92 Å². The molecule has 0 bridgehead atoms. The molecule has 0 fully saturated rings. The van der Waals surface area contributed by atoms with Crippen molar-refractivity contribution in [3.8, 4) is 0 Å². The van der Waals surface area contributed by atoms with E-state index in [4.69, 9.17) is 9.05 Å². The number of phosphoric acid groups is 1. The predicted octanol–water partition coefficient (Wildman–Crippen LogP) is 4.27. The summed E-state index contributed by atoms with van der Waals surface area (Å²) < 4.78 is 22.9. The molecular formula is C21H44N2O5P+. The number of phosphoric ester groups is 1. The van der Waals surface area contributed by atoms with Crippen molar-refractivity contribution in [1.82, 2.24) is 5.32 Å². The standard InChI is InChI=1S/C21H43N2O5P/c1-7-8-9-10-11-12-13-14-21(24)22-20(17-19(2)3)18-28-29(25,26)27-16-15-23(4,5)6/h11-12,19-20H,7-10,13-18H2,1-6H3,(H-,22,24,25,26)/p+1/b12-11-/t20-/m0/s1. The van der Waals surface area contributed by atoms with Gasteiger partial charge in [-0.15, -0.1) is 0 Å². The van der Waals surface area contributed by atoms with Gasteiger partial charge in [0.15, 0.2) is 0 Å². The van der Waals surface area contributed by atoms with Gasteiger partial charge >= 0.3 is 7.82 Å². The number of rotatable bonds is 17. The summed E-state index contributed by atoms with van der Waals surface area (Å²) in [7, 11) is 1.79. The van der Waals surface area contributed by atoms with Crippen LogP contribution in [0.15, 0.2) is 12.2 Å². The first-order valence-corrected chi connectivity index (χ1v) is 12.3. The van der Waals surface area contributed by atoms with Crippen LogP contribution in [-0.2, 0) is 18.4 Å². The summed E-state index contributed by atoms with van der Waals surface area (Å²) in [5, 5.41) is 2.92. The highest BCUT2D eigenvalue weighted by atomic mass is 31.2. The zero-order valence-electron chi connectivity index (χ0n) is 19.4. The van der Waals surface area contributed by atoms with Gasteiger partial charge in [-0.3, -0.25) is 13.8 Å². The molecular weight excluding hydrogens is 391 g/mol. The van der Waals surface area contributed by atoms with Gasteiger partial charge in [-0.2, -0.15) is 0 Å². The fourth-order valence-electron chi connectivity index (χ4n) is 2.65. The molecule has 7 nitrogen and oxygen atoms in total. The number of amides is 1. The minimum Gasteiger partial charge on any atom is -0.351 e. The van der Waals surface area contributed by atoms with Crippen LogP contribution in [0.4, 0.5) is 0 Å². The van der Waals surface area contributed by atoms with Crippen molar-refractivity contribution in [2.24, 2.45) is 5.92 Å². The summed E-state index contributed by atoms with van der Waals surface area (Å²) in [5.74, 6) is 0.246. The molecule has 1 amide bonds. The van der Waals surface area contributed by atoms with Crippen molar-refractivity contribution in [1.29, 1.82) is 0 Å². The lowest BCUT2D eigenvalue weighted by Gasteiger charge is -2.25. The van der Waals surface area contributed by atoms with E-state index in [1.165, 1.54) is 19.3 Å². The molecule has 0 saturated carbocycles. The third-order valence-electron chi connectivity index (χ3n) is 4.26. The molecule has 0 aliphatic heterocycles. The first-order valence-electron chi connectivity index (χ1n) is 10.8. The van der Waals surface area contributed by atoms with Crippen molar-refractivity contribution in [2.45, 2.75) is 71.8 Å². The fourth-order valence-corrected chi connectivity index (χ4v) is 3.41. The molecule has 0 saturated heterocycles. The molecule has 0 aliphatic rings. The van der Waals surface area contributed by atoms with Gasteiger partial charge in [-0.1, -0.05) is 45.8 Å². The van der Waals surface area contributed by atoms with Crippen molar-refractivity contribution in [3.05, 3.63) is 12.2 Å². The molecule has 2 N–H and O–H groups in total. The molecule has 172 valence electrons. The quantitative estimate of drug-likeness (QED) is 0.154. The first-order chi connectivity index (χ1) is 13.4. The Labute approximate surface area is 178 Å². The number of unbranched alkanes of at least 4 members (excludes halogenated alkanes) is 3. The highest BCUT2D eigenvalue weighted by Crippen LogP contribution is 2.43. The number of likely N-dealkylation sites (N-methyl/N-ethyl adjacent to an activating group) is 1. The Balaban J connectivity index is 4.36. The Morgan fingerprint density at radius 1 is 1.14 bits per heavy atom. The molecule has 0 spiro atoms. The SMILES string of the molecule is CCCCC/C=C\CCC(=O)N[C@H](COP(=O)(O)OCC[N+](C)(C)C)CC(C)C. The summed E-state index contributed by atoms with van der Waals surface area (Å²) in [4.78, 5) is 22.1. The molecule has 0 aliphatic carbocycles. The maximum atomic E-state index is 12.2. The van der Waals surface area contributed by atoms with Gasteiger partial charge in [0.2, 0.25) is 5.91 Å². The van der Waals surface area contributed by atoms with Gasteiger partial charge in [-0.05, 0) is 31.6 Å². The topological polar surface area (TPSA) is 84.9 Å². The second-order valence-corrected chi connectivity index (χ2v) is 10.5. The van der Waals surface area contributed by atoms with E-state index < -0.39 is 7.82 Å². The number of carbonyl (C=O) groups excluding carboxylic acids is 1. The van der Waals surface area contributed by atoms with E-state index in [0.717, 1.165) is 6.42 Å². The second kappa shape index (κ2) is 15.1. The Hall–Kier alpha value is -0.720. The van der Waals surface area contributed by atoms with Gasteiger partial charge in [-0.25, -0.2) is 4.57 Å². The molecule has 0 aromatic rings. The molecule has 0 aromatic carbocycles. The number of quaternary nitrogens is 1. The second-order valence-electron chi connectivity index (χ2n) is 9.01. The normalized spacial score (nSPS) is 15.6. The van der Waals surface area contributed by atoms with Crippen LogP contribution in [0.2, 0.25) is 0 Å². The fraction of sp³-hybridized carbons (Fsp3) is 0.857. The highest BCUT2D eigenvalue weighted by Gasteiger charge is 2.25. The summed E-state index contributed by atoms with van der Waals surface area (Å²) in [6, 6.07) is -0.321. The van der Waals surface area contributed by atoms with E-state index in [0.29, 0.717) is 36.2 Å². The average molecular weight is 436 g/mol. The lowest BCUT2D eigenvalue weighted by Crippen LogP contribution is -2.39. The van der Waals surface area contributed by atoms with Crippen LogP contribution < -0.4 is 5.32 Å². The number of allylic oxidation sites excluding steroid dienone is 2. The predicted molar refractivity (Wildman–Crippen MR) is 119 cm³/mol. The lowest BCUT2D eigenvalue weighted by atomic mass is 10.0. The monoisotopic (exact) mass is 435 g/mol. The Morgan fingerprint density at radius 3 is 2.38 bits per heavy atom. The number of nitrogens with zero attached hydrogens (tertiary/aromatic N) is 1. The van der Waals surface area contributed by atoms with Crippen LogP contribution in [0.1, 0.15) is 65.7 Å². The van der Waals surface area contributed by atoms with Crippen LogP contribution in [0.3, 0.4) is 0 Å². The van der Waals surface area contributed by atoms with E-state index in [1.807, 2.05) is 41.1 Å². The van der Waals surface area contributed by atoms with E-state index in [1.54, 1.807) is 0 Å². The molecule has 0 heterocycles. The molecule has 0 radical (unpaired) electrons. The Kier molecular flexibility index (Phi) is 14.8. The molecule has 8 heteroatoms. The molecule has 0 rings (SSSR count). The van der Waals surface area contributed by atoms with Gasteiger partial charge in [0.1, 0.15) is 13.2 Å². The minimum absolute atomic E-state index is 0.0467. The van der Waals surface area contributed by atoms with Gasteiger partial charge in [0.25, 0.3) is 0 Å². The van der Waals surface area contributed by atoms with E-state index >= 15 is 0 Å². The zero-order chi connectivity index (χ0) is 22.3. The largest absolute Gasteiger partial charge is 0.472 e. The van der Waals surface area contributed by atoms with Gasteiger partial charge in [0.05, 0.1) is 33.8 Å². The molecule has 0 aromatic heterocycles. The number of nitrogens with one attached hydrogen (secondary N) is 1. The maximum absolute atomic E-state index is 12.2. The molecule has 29 heavy (non-hydrogen) atoms. The van der Waals surface area contributed by atoms with E-state index in [2.05, 4.69) is 18.3 Å². The van der Waals surface area contributed by atoms with Crippen molar-refractivity contribution in [3.63, 3.8) is 0 Å². The van der Waals surface area contributed by atoms with Crippen molar-refractivity contribution >= 4 is 13.7 Å². The third-order valence-corrected chi connectivity index (χ3v) is 5.24. The number of hydrogen-bond donors (Lipinski definition) is 2. The summed E-state index contributed by atoms with van der Waals surface area (Å²) in [6.45, 7) is 6.92. The minimum atomic E-state index is -4.13. The molecule has 2 atom stereocenters. The number of carbonyl (C=O) groups is 1.